The van der Waals surface area contributed by atoms with Gasteiger partial charge in [-0.05, 0) is 32.1 Å². The first-order chi connectivity index (χ1) is 6.38. The van der Waals surface area contributed by atoms with E-state index in [4.69, 9.17) is 0 Å². The van der Waals surface area contributed by atoms with Crippen LogP contribution in [0.2, 0.25) is 0 Å². The van der Waals surface area contributed by atoms with Crippen molar-refractivity contribution in [2.24, 2.45) is 0 Å². The van der Waals surface area contributed by atoms with Gasteiger partial charge in [0.05, 0.1) is 0 Å². The van der Waals surface area contributed by atoms with Gasteiger partial charge in [-0.3, -0.25) is 0 Å². The fourth-order valence-corrected chi connectivity index (χ4v) is 1.68. The third-order valence-electron chi connectivity index (χ3n) is 2.65. The van der Waals surface area contributed by atoms with Crippen LogP contribution >= 0.6 is 0 Å². The van der Waals surface area contributed by atoms with Gasteiger partial charge >= 0.3 is 0 Å². The molecule has 0 saturated heterocycles. The van der Waals surface area contributed by atoms with E-state index in [1.165, 1.54) is 44.9 Å². The molecule has 0 radical (unpaired) electrons. The Kier molecular flexibility index (Phi) is 4.88. The zero-order chi connectivity index (χ0) is 9.52. The van der Waals surface area contributed by atoms with Crippen molar-refractivity contribution in [3.63, 3.8) is 0 Å². The highest BCUT2D eigenvalue weighted by Crippen LogP contribution is 2.37. The molecule has 0 aromatic carbocycles. The highest BCUT2D eigenvalue weighted by molar-refractivity contribution is 5.36. The summed E-state index contributed by atoms with van der Waals surface area (Å²) in [5, 5.41) is 0. The van der Waals surface area contributed by atoms with Crippen LogP contribution in [0.1, 0.15) is 58.8 Å². The SMILES string of the molecule is CC/C=C/CC1=C(CCCCC)C1. The molecule has 0 bridgehead atoms. The van der Waals surface area contributed by atoms with Crippen LogP contribution in [0.4, 0.5) is 0 Å². The van der Waals surface area contributed by atoms with Crippen LogP contribution in [0.5, 0.6) is 0 Å². The third-order valence-corrected chi connectivity index (χ3v) is 2.65. The first-order valence-corrected chi connectivity index (χ1v) is 5.73. The van der Waals surface area contributed by atoms with E-state index in [1.807, 2.05) is 0 Å². The third kappa shape index (κ3) is 4.31. The average molecular weight is 178 g/mol. The van der Waals surface area contributed by atoms with E-state index in [0.29, 0.717) is 0 Å². The Balaban J connectivity index is 2.06. The fraction of sp³-hybridized carbons (Fsp3) is 0.692. The summed E-state index contributed by atoms with van der Waals surface area (Å²) in [6.07, 6.45) is 13.9. The molecule has 1 aliphatic carbocycles. The van der Waals surface area contributed by atoms with Crippen molar-refractivity contribution in [1.29, 1.82) is 0 Å². The summed E-state index contributed by atoms with van der Waals surface area (Å²) < 4.78 is 0. The van der Waals surface area contributed by atoms with Gasteiger partial charge < -0.3 is 0 Å². The minimum Gasteiger partial charge on any atom is -0.0885 e. The van der Waals surface area contributed by atoms with E-state index < -0.39 is 0 Å². The molecule has 0 aromatic rings. The Morgan fingerprint density at radius 2 is 1.92 bits per heavy atom. The molecule has 0 N–H and O–H groups in total. The second kappa shape index (κ2) is 6.01. The van der Waals surface area contributed by atoms with Crippen molar-refractivity contribution in [3.05, 3.63) is 23.3 Å². The lowest BCUT2D eigenvalue weighted by Crippen LogP contribution is -1.71. The van der Waals surface area contributed by atoms with Crippen molar-refractivity contribution in [2.45, 2.75) is 58.8 Å². The Morgan fingerprint density at radius 1 is 1.08 bits per heavy atom. The molecule has 1 rings (SSSR count). The lowest BCUT2D eigenvalue weighted by molar-refractivity contribution is 0.720. The molecule has 0 unspecified atom stereocenters. The van der Waals surface area contributed by atoms with Gasteiger partial charge in [-0.1, -0.05) is 50.0 Å². The molecule has 0 heterocycles. The van der Waals surface area contributed by atoms with Crippen molar-refractivity contribution >= 4 is 0 Å². The summed E-state index contributed by atoms with van der Waals surface area (Å²) >= 11 is 0. The second-order valence-electron chi connectivity index (χ2n) is 3.92. The lowest BCUT2D eigenvalue weighted by atomic mass is 10.2. The second-order valence-corrected chi connectivity index (χ2v) is 3.92. The zero-order valence-electron chi connectivity index (χ0n) is 9.10. The number of rotatable bonds is 7. The summed E-state index contributed by atoms with van der Waals surface area (Å²) in [6, 6.07) is 0. The Bertz CT molecular complexity index is 196. The zero-order valence-corrected chi connectivity index (χ0v) is 9.10. The minimum absolute atomic E-state index is 1.18. The largest absolute Gasteiger partial charge is 0.0885 e. The molecular formula is C13H22. The number of unbranched alkanes of at least 4 members (excludes halogenated alkanes) is 2. The van der Waals surface area contributed by atoms with E-state index in [0.717, 1.165) is 0 Å². The van der Waals surface area contributed by atoms with Gasteiger partial charge in [0.1, 0.15) is 0 Å². The number of hydrogen-bond donors (Lipinski definition) is 0. The first kappa shape index (κ1) is 10.6. The van der Waals surface area contributed by atoms with Crippen LogP contribution in [0.15, 0.2) is 23.3 Å². The predicted molar refractivity (Wildman–Crippen MR) is 59.8 cm³/mol. The average Bonchev–Trinajstić information content (AvgIpc) is 2.85. The lowest BCUT2D eigenvalue weighted by Gasteiger charge is -1.90. The van der Waals surface area contributed by atoms with Crippen LogP contribution in [0, 0.1) is 0 Å². The molecule has 0 atom stereocenters. The molecule has 0 aromatic heterocycles. The van der Waals surface area contributed by atoms with Gasteiger partial charge in [0.2, 0.25) is 0 Å². The van der Waals surface area contributed by atoms with E-state index in [9.17, 15) is 0 Å². The summed E-state index contributed by atoms with van der Waals surface area (Å²) in [6.45, 7) is 4.46. The fourth-order valence-electron chi connectivity index (χ4n) is 1.68. The molecule has 13 heavy (non-hydrogen) atoms. The highest BCUT2D eigenvalue weighted by atomic mass is 14.2. The molecule has 1 aliphatic rings. The summed E-state index contributed by atoms with van der Waals surface area (Å²) in [5.41, 5.74) is 3.48. The molecule has 0 fully saturated rings. The maximum atomic E-state index is 2.32. The summed E-state index contributed by atoms with van der Waals surface area (Å²) in [7, 11) is 0. The number of hydrogen-bond acceptors (Lipinski definition) is 0. The molecule has 0 nitrogen and oxygen atoms in total. The first-order valence-electron chi connectivity index (χ1n) is 5.73. The van der Waals surface area contributed by atoms with Crippen LogP contribution in [0.25, 0.3) is 0 Å². The van der Waals surface area contributed by atoms with Gasteiger partial charge in [-0.15, -0.1) is 0 Å². The van der Waals surface area contributed by atoms with Gasteiger partial charge in [-0.2, -0.15) is 0 Å². The van der Waals surface area contributed by atoms with E-state index in [1.54, 1.807) is 11.1 Å². The van der Waals surface area contributed by atoms with Gasteiger partial charge in [-0.25, -0.2) is 0 Å². The highest BCUT2D eigenvalue weighted by Gasteiger charge is 2.18. The Hall–Kier alpha value is -0.520. The normalized spacial score (nSPS) is 15.8. The molecule has 0 saturated carbocycles. The van der Waals surface area contributed by atoms with E-state index in [2.05, 4.69) is 26.0 Å². The van der Waals surface area contributed by atoms with Crippen molar-refractivity contribution in [2.75, 3.05) is 0 Å². The van der Waals surface area contributed by atoms with Crippen LogP contribution in [-0.4, -0.2) is 0 Å². The Labute approximate surface area is 82.7 Å². The molecule has 0 heteroatoms. The van der Waals surface area contributed by atoms with Gasteiger partial charge in [0, 0.05) is 0 Å². The van der Waals surface area contributed by atoms with Crippen LogP contribution in [0.3, 0.4) is 0 Å². The van der Waals surface area contributed by atoms with Crippen molar-refractivity contribution in [1.82, 2.24) is 0 Å². The van der Waals surface area contributed by atoms with E-state index in [-0.39, 0.29) is 0 Å². The van der Waals surface area contributed by atoms with Crippen molar-refractivity contribution < 1.29 is 0 Å². The van der Waals surface area contributed by atoms with Gasteiger partial charge in [0.25, 0.3) is 0 Å². The predicted octanol–water partition coefficient (Wildman–Crippen LogP) is 4.62. The molecule has 0 spiro atoms. The summed E-state index contributed by atoms with van der Waals surface area (Å²) in [4.78, 5) is 0. The topological polar surface area (TPSA) is 0 Å². The maximum Gasteiger partial charge on any atom is -0.00996 e. The molecule has 74 valence electrons. The van der Waals surface area contributed by atoms with E-state index >= 15 is 0 Å². The molecule has 0 amide bonds. The van der Waals surface area contributed by atoms with Crippen molar-refractivity contribution in [3.8, 4) is 0 Å². The standard InChI is InChI=1S/C13H22/c1-3-5-7-9-12-11-13(12)10-8-6-4-2/h5,7H,3-4,6,8-11H2,1-2H3/b7-5+. The Morgan fingerprint density at radius 3 is 2.62 bits per heavy atom. The monoisotopic (exact) mass is 178 g/mol. The maximum absolute atomic E-state index is 2.32. The molecular weight excluding hydrogens is 156 g/mol. The molecule has 0 aliphatic heterocycles. The summed E-state index contributed by atoms with van der Waals surface area (Å²) in [5.74, 6) is 0. The van der Waals surface area contributed by atoms with Crippen LogP contribution in [-0.2, 0) is 0 Å². The smallest absolute Gasteiger partial charge is 0.00996 e. The quantitative estimate of drug-likeness (QED) is 0.394. The number of allylic oxidation sites excluding steroid dienone is 4. The van der Waals surface area contributed by atoms with Gasteiger partial charge in [0.15, 0.2) is 0 Å². The van der Waals surface area contributed by atoms with Crippen LogP contribution < -0.4 is 0 Å². The minimum atomic E-state index is 1.18.